The molecule has 0 spiro atoms. The minimum Gasteiger partial charge on any atom is -0.395 e. The molecule has 6 heteroatoms. The Morgan fingerprint density at radius 2 is 1.95 bits per heavy atom. The lowest BCUT2D eigenvalue weighted by molar-refractivity contribution is 0.146. The Morgan fingerprint density at radius 3 is 2.57 bits per heavy atom. The molecule has 0 saturated carbocycles. The summed E-state index contributed by atoms with van der Waals surface area (Å²) in [4.78, 5) is 8.81. The van der Waals surface area contributed by atoms with Crippen LogP contribution >= 0.6 is 0 Å². The molecule has 2 N–H and O–H groups in total. The number of β-amino-alcohol motifs (C(OH)–C–C–N with tert-alkyl or cyclic N) is 1. The second-order valence-electron chi connectivity index (χ2n) is 4.91. The number of guanidine groups is 1. The van der Waals surface area contributed by atoms with Gasteiger partial charge in [0.25, 0.3) is 0 Å². The summed E-state index contributed by atoms with van der Waals surface area (Å²) in [5, 5.41) is 20.5. The van der Waals surface area contributed by atoms with E-state index in [1.54, 1.807) is 0 Å². The fourth-order valence-corrected chi connectivity index (χ4v) is 2.34. The summed E-state index contributed by atoms with van der Waals surface area (Å²) in [6.45, 7) is 4.81. The minimum atomic E-state index is 0.186. The van der Waals surface area contributed by atoms with Crippen molar-refractivity contribution in [3.05, 3.63) is 35.9 Å². The van der Waals surface area contributed by atoms with Crippen molar-refractivity contribution < 1.29 is 5.11 Å². The summed E-state index contributed by atoms with van der Waals surface area (Å²) in [6, 6.07) is 9.98. The molecule has 1 fully saturated rings. The zero-order valence-corrected chi connectivity index (χ0v) is 12.1. The highest BCUT2D eigenvalue weighted by molar-refractivity contribution is 5.81. The van der Waals surface area contributed by atoms with E-state index in [-0.39, 0.29) is 6.61 Å². The smallest absolute Gasteiger partial charge is 0.207 e. The molecule has 0 amide bonds. The number of nitrogens with one attached hydrogen (secondary N) is 1. The second-order valence-corrected chi connectivity index (χ2v) is 4.91. The van der Waals surface area contributed by atoms with Crippen molar-refractivity contribution in [2.24, 2.45) is 4.99 Å². The van der Waals surface area contributed by atoms with Gasteiger partial charge in [-0.05, 0) is 5.56 Å². The van der Waals surface area contributed by atoms with Crippen molar-refractivity contribution in [2.45, 2.75) is 6.54 Å². The van der Waals surface area contributed by atoms with E-state index in [9.17, 15) is 0 Å². The number of aliphatic hydroxyl groups is 1. The second kappa shape index (κ2) is 8.25. The van der Waals surface area contributed by atoms with Crippen molar-refractivity contribution in [3.63, 3.8) is 0 Å². The first-order valence-corrected chi connectivity index (χ1v) is 7.15. The number of nitrogens with zero attached hydrogens (tertiary/aromatic N) is 4. The van der Waals surface area contributed by atoms with Crippen LogP contribution in [0.5, 0.6) is 0 Å². The molecule has 6 nitrogen and oxygen atoms in total. The van der Waals surface area contributed by atoms with Crippen LogP contribution in [0, 0.1) is 11.5 Å². The third-order valence-electron chi connectivity index (χ3n) is 3.51. The molecule has 0 bridgehead atoms. The molecule has 1 heterocycles. The summed E-state index contributed by atoms with van der Waals surface area (Å²) >= 11 is 0. The normalized spacial score (nSPS) is 16.6. The first-order valence-electron chi connectivity index (χ1n) is 7.15. The molecule has 2 rings (SSSR count). The van der Waals surface area contributed by atoms with Gasteiger partial charge in [0.1, 0.15) is 0 Å². The van der Waals surface area contributed by atoms with E-state index in [1.807, 2.05) is 36.5 Å². The van der Waals surface area contributed by atoms with Crippen LogP contribution in [0.1, 0.15) is 5.56 Å². The summed E-state index contributed by atoms with van der Waals surface area (Å²) in [5.74, 6) is 0.630. The summed E-state index contributed by atoms with van der Waals surface area (Å²) in [6.07, 6.45) is 1.96. The molecule has 1 aromatic carbocycles. The van der Waals surface area contributed by atoms with Crippen molar-refractivity contribution >= 4 is 5.96 Å². The molecule has 0 aromatic heterocycles. The maximum absolute atomic E-state index is 8.95. The average molecular weight is 287 g/mol. The van der Waals surface area contributed by atoms with Crippen LogP contribution in [-0.4, -0.2) is 60.2 Å². The van der Waals surface area contributed by atoms with Gasteiger partial charge in [-0.2, -0.15) is 5.26 Å². The number of hydrogen-bond donors (Lipinski definition) is 2. The fraction of sp³-hybridized carbons (Fsp3) is 0.467. The number of rotatable bonds is 4. The van der Waals surface area contributed by atoms with Crippen LogP contribution in [0.2, 0.25) is 0 Å². The van der Waals surface area contributed by atoms with Crippen molar-refractivity contribution in [1.82, 2.24) is 15.1 Å². The Hall–Kier alpha value is -2.10. The molecule has 21 heavy (non-hydrogen) atoms. The molecule has 1 aliphatic rings. The number of aliphatic imine (C=N–C) groups is 1. The first kappa shape index (κ1) is 15.3. The number of hydrogen-bond acceptors (Lipinski definition) is 4. The number of aliphatic hydroxyl groups excluding tert-OH is 1. The first-order chi connectivity index (χ1) is 10.3. The third kappa shape index (κ3) is 4.74. The fourth-order valence-electron chi connectivity index (χ4n) is 2.34. The number of piperazine rings is 1. The zero-order valence-electron chi connectivity index (χ0n) is 12.1. The molecular weight excluding hydrogens is 266 g/mol. The Morgan fingerprint density at radius 1 is 1.24 bits per heavy atom. The third-order valence-corrected chi connectivity index (χ3v) is 3.51. The SMILES string of the molecule is N#CNC(=NCc1ccccc1)N1CCN(CCO)CC1. The highest BCUT2D eigenvalue weighted by atomic mass is 16.3. The monoisotopic (exact) mass is 287 g/mol. The summed E-state index contributed by atoms with van der Waals surface area (Å²) < 4.78 is 0. The van der Waals surface area contributed by atoms with Gasteiger partial charge in [-0.25, -0.2) is 4.99 Å². The van der Waals surface area contributed by atoms with Gasteiger partial charge >= 0.3 is 0 Å². The van der Waals surface area contributed by atoms with Gasteiger partial charge in [0, 0.05) is 32.7 Å². The number of nitriles is 1. The van der Waals surface area contributed by atoms with E-state index in [0.717, 1.165) is 31.7 Å². The Bertz CT molecular complexity index is 489. The van der Waals surface area contributed by atoms with Crippen LogP contribution in [0.25, 0.3) is 0 Å². The van der Waals surface area contributed by atoms with Gasteiger partial charge in [0.2, 0.25) is 5.96 Å². The lowest BCUT2D eigenvalue weighted by Crippen LogP contribution is -2.52. The molecule has 112 valence electrons. The Balaban J connectivity index is 1.94. The lowest BCUT2D eigenvalue weighted by atomic mass is 10.2. The minimum absolute atomic E-state index is 0.186. The molecule has 0 unspecified atom stereocenters. The van der Waals surface area contributed by atoms with Gasteiger partial charge in [-0.15, -0.1) is 0 Å². The standard InChI is InChI=1S/C15H21N5O/c16-13-18-15(17-12-14-4-2-1-3-5-14)20-8-6-19(7-9-20)10-11-21/h1-5,21H,6-12H2,(H,17,18). The van der Waals surface area contributed by atoms with E-state index < -0.39 is 0 Å². The van der Waals surface area contributed by atoms with E-state index in [1.165, 1.54) is 0 Å². The van der Waals surface area contributed by atoms with E-state index in [2.05, 4.69) is 20.1 Å². The van der Waals surface area contributed by atoms with E-state index in [0.29, 0.717) is 19.0 Å². The molecule has 0 radical (unpaired) electrons. The van der Waals surface area contributed by atoms with Crippen LogP contribution in [-0.2, 0) is 6.54 Å². The van der Waals surface area contributed by atoms with Crippen LogP contribution < -0.4 is 5.32 Å². The molecule has 1 aliphatic heterocycles. The highest BCUT2D eigenvalue weighted by Gasteiger charge is 2.19. The molecule has 1 saturated heterocycles. The van der Waals surface area contributed by atoms with Gasteiger partial charge in [0.05, 0.1) is 13.2 Å². The predicted octanol–water partition coefficient (Wildman–Crippen LogP) is 0.223. The van der Waals surface area contributed by atoms with Gasteiger partial charge in [0.15, 0.2) is 6.19 Å². The number of benzene rings is 1. The predicted molar refractivity (Wildman–Crippen MR) is 81.4 cm³/mol. The molecule has 0 atom stereocenters. The molecular formula is C15H21N5O. The topological polar surface area (TPSA) is 74.9 Å². The summed E-state index contributed by atoms with van der Waals surface area (Å²) in [5.41, 5.74) is 1.12. The van der Waals surface area contributed by atoms with Gasteiger partial charge in [-0.3, -0.25) is 10.2 Å². The highest BCUT2D eigenvalue weighted by Crippen LogP contribution is 2.04. The lowest BCUT2D eigenvalue weighted by Gasteiger charge is -2.35. The van der Waals surface area contributed by atoms with E-state index in [4.69, 9.17) is 10.4 Å². The quantitative estimate of drug-likeness (QED) is 0.359. The van der Waals surface area contributed by atoms with Gasteiger partial charge in [-0.1, -0.05) is 30.3 Å². The Kier molecular flexibility index (Phi) is 6.00. The van der Waals surface area contributed by atoms with Crippen LogP contribution in [0.4, 0.5) is 0 Å². The molecule has 1 aromatic rings. The largest absolute Gasteiger partial charge is 0.395 e. The summed E-state index contributed by atoms with van der Waals surface area (Å²) in [7, 11) is 0. The maximum Gasteiger partial charge on any atom is 0.207 e. The van der Waals surface area contributed by atoms with Crippen molar-refractivity contribution in [1.29, 1.82) is 5.26 Å². The molecule has 0 aliphatic carbocycles. The Labute approximate surface area is 125 Å². The van der Waals surface area contributed by atoms with Crippen LogP contribution in [0.3, 0.4) is 0 Å². The van der Waals surface area contributed by atoms with Crippen molar-refractivity contribution in [3.8, 4) is 6.19 Å². The zero-order chi connectivity index (χ0) is 14.9. The average Bonchev–Trinajstić information content (AvgIpc) is 2.54. The van der Waals surface area contributed by atoms with Crippen LogP contribution in [0.15, 0.2) is 35.3 Å². The van der Waals surface area contributed by atoms with Gasteiger partial charge < -0.3 is 10.0 Å². The van der Waals surface area contributed by atoms with Crippen molar-refractivity contribution in [2.75, 3.05) is 39.3 Å². The van der Waals surface area contributed by atoms with E-state index >= 15 is 0 Å². The maximum atomic E-state index is 8.95.